The van der Waals surface area contributed by atoms with Crippen molar-refractivity contribution in [2.45, 2.75) is 52.6 Å². The third-order valence-electron chi connectivity index (χ3n) is 6.27. The van der Waals surface area contributed by atoms with Crippen molar-refractivity contribution in [3.05, 3.63) is 57.2 Å². The van der Waals surface area contributed by atoms with Gasteiger partial charge in [-0.2, -0.15) is 5.10 Å². The lowest BCUT2D eigenvalue weighted by molar-refractivity contribution is -0.120. The highest BCUT2D eigenvalue weighted by Gasteiger charge is 2.32. The summed E-state index contributed by atoms with van der Waals surface area (Å²) in [5, 5.41) is 5.18. The summed E-state index contributed by atoms with van der Waals surface area (Å²) in [6.07, 6.45) is 2.94. The normalized spacial score (nSPS) is 15.2. The standard InChI is InChI=1S/C24H24ClFN4O3/c1-13-22(25)14(2)30-23(27-13)18-11-29(12-19(18)28-30)24(32)17-8-7-16(26)10-21(17)33-9-3-4-20(31)15-5-6-15/h7-8,10,15H,3-6,9,11-12H2,1-2H3. The molecule has 0 bridgehead atoms. The number of aryl methyl sites for hydroxylation is 2. The molecule has 0 spiro atoms. The van der Waals surface area contributed by atoms with Crippen LogP contribution in [0.1, 0.15) is 58.7 Å². The lowest BCUT2D eigenvalue weighted by atomic mass is 10.1. The summed E-state index contributed by atoms with van der Waals surface area (Å²) in [7, 11) is 0. The van der Waals surface area contributed by atoms with Crippen LogP contribution in [0.15, 0.2) is 18.2 Å². The second-order valence-electron chi connectivity index (χ2n) is 8.75. The third kappa shape index (κ3) is 4.08. The molecule has 2 aromatic heterocycles. The highest BCUT2D eigenvalue weighted by Crippen LogP contribution is 2.32. The average molecular weight is 471 g/mol. The summed E-state index contributed by atoms with van der Waals surface area (Å²) in [6, 6.07) is 3.91. The van der Waals surface area contributed by atoms with Gasteiger partial charge in [-0.15, -0.1) is 0 Å². The quantitative estimate of drug-likeness (QED) is 0.477. The van der Waals surface area contributed by atoms with Crippen LogP contribution in [0.3, 0.4) is 0 Å². The number of Topliss-reactive ketones (excluding diaryl/α,β-unsaturated/α-hetero) is 1. The predicted molar refractivity (Wildman–Crippen MR) is 120 cm³/mol. The van der Waals surface area contributed by atoms with E-state index in [0.717, 1.165) is 29.8 Å². The lowest BCUT2D eigenvalue weighted by Gasteiger charge is -2.18. The topological polar surface area (TPSA) is 76.8 Å². The Morgan fingerprint density at radius 2 is 2.03 bits per heavy atom. The van der Waals surface area contributed by atoms with Crippen LogP contribution in [0.2, 0.25) is 5.02 Å². The Balaban J connectivity index is 1.32. The van der Waals surface area contributed by atoms with Crippen molar-refractivity contribution in [3.63, 3.8) is 0 Å². The Morgan fingerprint density at radius 3 is 2.79 bits per heavy atom. The van der Waals surface area contributed by atoms with Crippen LogP contribution in [-0.4, -0.2) is 37.8 Å². The summed E-state index contributed by atoms with van der Waals surface area (Å²) >= 11 is 6.31. The number of fused-ring (bicyclic) bond motifs is 3. The molecule has 9 heteroatoms. The van der Waals surface area contributed by atoms with E-state index in [0.29, 0.717) is 42.3 Å². The van der Waals surface area contributed by atoms with Crippen molar-refractivity contribution in [1.82, 2.24) is 19.5 Å². The molecule has 2 aliphatic rings. The van der Waals surface area contributed by atoms with Crippen molar-refractivity contribution in [1.29, 1.82) is 0 Å². The maximum Gasteiger partial charge on any atom is 0.258 e. The van der Waals surface area contributed by atoms with E-state index in [1.165, 1.54) is 18.2 Å². The average Bonchev–Trinajstić information content (AvgIpc) is 3.48. The molecule has 0 saturated heterocycles. The first-order valence-electron chi connectivity index (χ1n) is 11.1. The van der Waals surface area contributed by atoms with E-state index in [1.54, 1.807) is 9.42 Å². The largest absolute Gasteiger partial charge is 0.493 e. The van der Waals surface area contributed by atoms with Crippen LogP contribution in [0.5, 0.6) is 5.75 Å². The van der Waals surface area contributed by atoms with Gasteiger partial charge in [-0.05, 0) is 45.2 Å². The molecule has 7 nitrogen and oxygen atoms in total. The SMILES string of the molecule is Cc1nc2c3c(nn2c(C)c1Cl)CN(C(=O)c1ccc(F)cc1OCCCC(=O)C1CC1)C3. The molecule has 5 rings (SSSR count). The smallest absolute Gasteiger partial charge is 0.258 e. The molecule has 0 N–H and O–H groups in total. The number of aromatic nitrogens is 3. The van der Waals surface area contributed by atoms with Crippen LogP contribution in [0.25, 0.3) is 5.65 Å². The molecule has 172 valence electrons. The molecule has 1 fully saturated rings. The first kappa shape index (κ1) is 21.8. The van der Waals surface area contributed by atoms with Crippen LogP contribution < -0.4 is 4.74 Å². The van der Waals surface area contributed by atoms with Gasteiger partial charge in [0.2, 0.25) is 0 Å². The van der Waals surface area contributed by atoms with Crippen molar-refractivity contribution >= 4 is 28.9 Å². The zero-order chi connectivity index (χ0) is 23.3. The van der Waals surface area contributed by atoms with Crippen LogP contribution in [-0.2, 0) is 17.9 Å². The minimum atomic E-state index is -0.481. The Labute approximate surface area is 195 Å². The van der Waals surface area contributed by atoms with Crippen molar-refractivity contribution < 1.29 is 18.7 Å². The number of hydrogen-bond donors (Lipinski definition) is 0. The zero-order valence-corrected chi connectivity index (χ0v) is 19.3. The van der Waals surface area contributed by atoms with E-state index >= 15 is 0 Å². The fourth-order valence-corrected chi connectivity index (χ4v) is 4.38. The van der Waals surface area contributed by atoms with Crippen LogP contribution >= 0.6 is 11.6 Å². The number of amides is 1. The van der Waals surface area contributed by atoms with Gasteiger partial charge in [0.15, 0.2) is 5.65 Å². The lowest BCUT2D eigenvalue weighted by Crippen LogP contribution is -2.26. The highest BCUT2D eigenvalue weighted by molar-refractivity contribution is 6.31. The molecule has 1 aliphatic heterocycles. The number of nitrogens with zero attached hydrogens (tertiary/aromatic N) is 4. The highest BCUT2D eigenvalue weighted by atomic mass is 35.5. The number of halogens is 2. The van der Waals surface area contributed by atoms with Crippen molar-refractivity contribution in [2.24, 2.45) is 5.92 Å². The number of ketones is 1. The van der Waals surface area contributed by atoms with E-state index < -0.39 is 5.82 Å². The Morgan fingerprint density at radius 1 is 1.24 bits per heavy atom. The number of ether oxygens (including phenoxy) is 1. The first-order valence-corrected chi connectivity index (χ1v) is 11.5. The minimum Gasteiger partial charge on any atom is -0.493 e. The molecule has 0 atom stereocenters. The van der Waals surface area contributed by atoms with E-state index in [4.69, 9.17) is 16.3 Å². The van der Waals surface area contributed by atoms with E-state index in [-0.39, 0.29) is 35.5 Å². The Hall–Kier alpha value is -3.00. The maximum atomic E-state index is 13.9. The Kier molecular flexibility index (Phi) is 5.56. The number of rotatable bonds is 7. The minimum absolute atomic E-state index is 0.189. The molecular formula is C24H24ClFN4O3. The second kappa shape index (κ2) is 8.41. The molecule has 1 aromatic carbocycles. The number of hydrogen-bond acceptors (Lipinski definition) is 5. The fourth-order valence-electron chi connectivity index (χ4n) is 4.26. The van der Waals surface area contributed by atoms with Gasteiger partial charge in [-0.25, -0.2) is 13.9 Å². The number of benzene rings is 1. The van der Waals surface area contributed by atoms with Crippen molar-refractivity contribution in [3.8, 4) is 5.75 Å². The summed E-state index contributed by atoms with van der Waals surface area (Å²) in [5.74, 6) is -0.0846. The van der Waals surface area contributed by atoms with Crippen LogP contribution in [0.4, 0.5) is 4.39 Å². The van der Waals surface area contributed by atoms with Gasteiger partial charge in [-0.3, -0.25) is 9.59 Å². The van der Waals surface area contributed by atoms with Gasteiger partial charge in [0.25, 0.3) is 5.91 Å². The van der Waals surface area contributed by atoms with Gasteiger partial charge in [0, 0.05) is 24.0 Å². The van der Waals surface area contributed by atoms with Crippen LogP contribution in [0, 0.1) is 25.6 Å². The van der Waals surface area contributed by atoms with Gasteiger partial charge in [0.05, 0.1) is 47.4 Å². The monoisotopic (exact) mass is 470 g/mol. The van der Waals surface area contributed by atoms with E-state index in [2.05, 4.69) is 10.1 Å². The molecule has 0 radical (unpaired) electrons. The molecule has 1 saturated carbocycles. The van der Waals surface area contributed by atoms with E-state index in [9.17, 15) is 14.0 Å². The number of carbonyl (C=O) groups excluding carboxylic acids is 2. The summed E-state index contributed by atoms with van der Waals surface area (Å²) in [5.41, 5.74) is 4.15. The zero-order valence-electron chi connectivity index (χ0n) is 18.5. The third-order valence-corrected chi connectivity index (χ3v) is 6.82. The molecule has 3 heterocycles. The van der Waals surface area contributed by atoms with Crippen molar-refractivity contribution in [2.75, 3.05) is 6.61 Å². The Bertz CT molecular complexity index is 1280. The summed E-state index contributed by atoms with van der Waals surface area (Å²) < 4.78 is 21.4. The van der Waals surface area contributed by atoms with E-state index in [1.807, 2.05) is 13.8 Å². The van der Waals surface area contributed by atoms with Gasteiger partial charge >= 0.3 is 0 Å². The van der Waals surface area contributed by atoms with Gasteiger partial charge in [-0.1, -0.05) is 11.6 Å². The fraction of sp³-hybridized carbons (Fsp3) is 0.417. The molecular weight excluding hydrogens is 447 g/mol. The molecule has 1 aliphatic carbocycles. The second-order valence-corrected chi connectivity index (χ2v) is 9.13. The maximum absolute atomic E-state index is 13.9. The summed E-state index contributed by atoms with van der Waals surface area (Å²) in [4.78, 5) is 31.4. The van der Waals surface area contributed by atoms with Gasteiger partial charge in [0.1, 0.15) is 17.3 Å². The molecule has 33 heavy (non-hydrogen) atoms. The molecule has 0 unspecified atom stereocenters. The molecule has 1 amide bonds. The predicted octanol–water partition coefficient (Wildman–Crippen LogP) is 4.43. The summed E-state index contributed by atoms with van der Waals surface area (Å²) in [6.45, 7) is 4.64. The van der Waals surface area contributed by atoms with Gasteiger partial charge < -0.3 is 9.64 Å². The first-order chi connectivity index (χ1) is 15.8. The molecule has 3 aromatic rings. The number of carbonyl (C=O) groups is 2.